The number of ether oxygens (including phenoxy) is 2. The summed E-state index contributed by atoms with van der Waals surface area (Å²) in [6.07, 6.45) is 4.43. The molecular formula is C16H16N2O3S. The van der Waals surface area contributed by atoms with Gasteiger partial charge in [-0.05, 0) is 31.2 Å². The summed E-state index contributed by atoms with van der Waals surface area (Å²) in [5.41, 5.74) is 9.00. The third kappa shape index (κ3) is 2.20. The summed E-state index contributed by atoms with van der Waals surface area (Å²) in [5, 5.41) is 4.85. The molecular weight excluding hydrogens is 300 g/mol. The number of carbonyl (C=O) groups is 1. The van der Waals surface area contributed by atoms with Crippen molar-refractivity contribution in [3.63, 3.8) is 0 Å². The van der Waals surface area contributed by atoms with Crippen LogP contribution in [0.4, 0.5) is 11.4 Å². The maximum atomic E-state index is 12.6. The number of nitrogens with one attached hydrogen (secondary N) is 1. The molecule has 1 aromatic heterocycles. The molecule has 3 N–H and O–H groups in total. The standard InChI is InChI=1S/C16H16N2O3S/c17-11-5-13-14(21-8-20-13)6-12(11)18-16(19)10-7-22-15-4-2-1-3-9(10)15/h5-7H,1-4,8,17H2,(H,18,19). The molecule has 22 heavy (non-hydrogen) atoms. The minimum absolute atomic E-state index is 0.107. The Bertz CT molecular complexity index is 754. The zero-order chi connectivity index (χ0) is 15.1. The monoisotopic (exact) mass is 316 g/mol. The molecule has 1 aliphatic heterocycles. The Kier molecular flexibility index (Phi) is 3.18. The van der Waals surface area contributed by atoms with Crippen LogP contribution < -0.4 is 20.5 Å². The van der Waals surface area contributed by atoms with Gasteiger partial charge in [-0.15, -0.1) is 11.3 Å². The average Bonchev–Trinajstić information content (AvgIpc) is 3.13. The zero-order valence-electron chi connectivity index (χ0n) is 12.0. The van der Waals surface area contributed by atoms with Crippen molar-refractivity contribution in [3.05, 3.63) is 33.5 Å². The molecule has 0 unspecified atom stereocenters. The van der Waals surface area contributed by atoms with Gasteiger partial charge >= 0.3 is 0 Å². The first-order valence-electron chi connectivity index (χ1n) is 7.32. The van der Waals surface area contributed by atoms with Crippen LogP contribution in [0.3, 0.4) is 0 Å². The predicted octanol–water partition coefficient (Wildman–Crippen LogP) is 3.19. The number of thiophene rings is 1. The van der Waals surface area contributed by atoms with Crippen molar-refractivity contribution in [1.29, 1.82) is 0 Å². The largest absolute Gasteiger partial charge is 0.454 e. The SMILES string of the molecule is Nc1cc2c(cc1NC(=O)c1csc3c1CCCC3)OCO2. The van der Waals surface area contributed by atoms with Gasteiger partial charge in [-0.1, -0.05) is 0 Å². The molecule has 0 atom stereocenters. The molecule has 0 spiro atoms. The topological polar surface area (TPSA) is 73.6 Å². The lowest BCUT2D eigenvalue weighted by Gasteiger charge is -2.13. The maximum absolute atomic E-state index is 12.6. The van der Waals surface area contributed by atoms with Crippen LogP contribution in [0.25, 0.3) is 0 Å². The van der Waals surface area contributed by atoms with Gasteiger partial charge in [-0.2, -0.15) is 0 Å². The van der Waals surface area contributed by atoms with Gasteiger partial charge in [0, 0.05) is 22.4 Å². The summed E-state index contributed by atoms with van der Waals surface area (Å²) in [6, 6.07) is 3.40. The Hall–Kier alpha value is -2.21. The highest BCUT2D eigenvalue weighted by atomic mass is 32.1. The number of hydrogen-bond acceptors (Lipinski definition) is 5. The fourth-order valence-electron chi connectivity index (χ4n) is 2.94. The van der Waals surface area contributed by atoms with Crippen LogP contribution in [0.1, 0.15) is 33.6 Å². The molecule has 2 aliphatic rings. The zero-order valence-corrected chi connectivity index (χ0v) is 12.8. The summed E-state index contributed by atoms with van der Waals surface area (Å²) < 4.78 is 10.6. The highest BCUT2D eigenvalue weighted by Gasteiger charge is 2.22. The molecule has 4 rings (SSSR count). The van der Waals surface area contributed by atoms with Gasteiger partial charge in [0.25, 0.3) is 5.91 Å². The maximum Gasteiger partial charge on any atom is 0.256 e. The van der Waals surface area contributed by atoms with Crippen LogP contribution in [0.2, 0.25) is 0 Å². The van der Waals surface area contributed by atoms with Crippen LogP contribution in [-0.4, -0.2) is 12.7 Å². The number of hydrogen-bond donors (Lipinski definition) is 2. The first kappa shape index (κ1) is 13.5. The molecule has 2 heterocycles. The van der Waals surface area contributed by atoms with Crippen LogP contribution in [0.5, 0.6) is 11.5 Å². The summed E-state index contributed by atoms with van der Waals surface area (Å²) in [5.74, 6) is 1.12. The summed E-state index contributed by atoms with van der Waals surface area (Å²) >= 11 is 1.68. The Morgan fingerprint density at radius 3 is 2.82 bits per heavy atom. The second-order valence-corrected chi connectivity index (χ2v) is 6.47. The Morgan fingerprint density at radius 2 is 1.95 bits per heavy atom. The second-order valence-electron chi connectivity index (χ2n) is 5.51. The number of aryl methyl sites for hydroxylation is 1. The molecule has 2 aromatic rings. The third-order valence-corrected chi connectivity index (χ3v) is 5.19. The van der Waals surface area contributed by atoms with Gasteiger partial charge < -0.3 is 20.5 Å². The van der Waals surface area contributed by atoms with Gasteiger partial charge in [0.1, 0.15) is 0 Å². The van der Waals surface area contributed by atoms with Crippen molar-refractivity contribution in [2.75, 3.05) is 17.8 Å². The minimum atomic E-state index is -0.107. The van der Waals surface area contributed by atoms with E-state index in [0.29, 0.717) is 22.9 Å². The number of amides is 1. The van der Waals surface area contributed by atoms with E-state index in [1.165, 1.54) is 16.9 Å². The molecule has 0 bridgehead atoms. The molecule has 0 saturated heterocycles. The Morgan fingerprint density at radius 1 is 1.18 bits per heavy atom. The number of benzene rings is 1. The van der Waals surface area contributed by atoms with Crippen LogP contribution in [0, 0.1) is 0 Å². The van der Waals surface area contributed by atoms with E-state index in [1.807, 2.05) is 5.38 Å². The molecule has 6 heteroatoms. The molecule has 1 amide bonds. The van der Waals surface area contributed by atoms with E-state index in [0.717, 1.165) is 24.8 Å². The minimum Gasteiger partial charge on any atom is -0.454 e. The molecule has 0 radical (unpaired) electrons. The lowest BCUT2D eigenvalue weighted by molar-refractivity contribution is 0.102. The van der Waals surface area contributed by atoms with Crippen molar-refractivity contribution in [3.8, 4) is 11.5 Å². The van der Waals surface area contributed by atoms with Crippen LogP contribution >= 0.6 is 11.3 Å². The second kappa shape index (κ2) is 5.21. The highest BCUT2D eigenvalue weighted by Crippen LogP contribution is 2.39. The normalized spacial score (nSPS) is 15.5. The van der Waals surface area contributed by atoms with Crippen molar-refractivity contribution in [2.24, 2.45) is 0 Å². The van der Waals surface area contributed by atoms with E-state index in [9.17, 15) is 4.79 Å². The highest BCUT2D eigenvalue weighted by molar-refractivity contribution is 7.10. The number of carbonyl (C=O) groups excluding carboxylic acids is 1. The quantitative estimate of drug-likeness (QED) is 0.835. The van der Waals surface area contributed by atoms with Crippen molar-refractivity contribution >= 4 is 28.6 Å². The Balaban J connectivity index is 1.61. The van der Waals surface area contributed by atoms with Gasteiger partial charge in [0.15, 0.2) is 11.5 Å². The molecule has 5 nitrogen and oxygen atoms in total. The smallest absolute Gasteiger partial charge is 0.256 e. The van der Waals surface area contributed by atoms with Gasteiger partial charge in [0.05, 0.1) is 16.9 Å². The number of anilines is 2. The molecule has 1 aliphatic carbocycles. The molecule has 0 fully saturated rings. The summed E-state index contributed by atoms with van der Waals surface area (Å²) in [4.78, 5) is 13.9. The lowest BCUT2D eigenvalue weighted by atomic mass is 9.95. The van der Waals surface area contributed by atoms with Crippen LogP contribution in [0.15, 0.2) is 17.5 Å². The first-order valence-corrected chi connectivity index (χ1v) is 8.20. The number of nitrogen functional groups attached to an aromatic ring is 1. The van der Waals surface area contributed by atoms with E-state index in [1.54, 1.807) is 23.5 Å². The van der Waals surface area contributed by atoms with Gasteiger partial charge in [-0.25, -0.2) is 0 Å². The third-order valence-electron chi connectivity index (χ3n) is 4.10. The first-order chi connectivity index (χ1) is 10.7. The fraction of sp³-hybridized carbons (Fsp3) is 0.312. The van der Waals surface area contributed by atoms with E-state index >= 15 is 0 Å². The average molecular weight is 316 g/mol. The van der Waals surface area contributed by atoms with Crippen molar-refractivity contribution in [2.45, 2.75) is 25.7 Å². The van der Waals surface area contributed by atoms with Gasteiger partial charge in [0.2, 0.25) is 6.79 Å². The van der Waals surface area contributed by atoms with E-state index in [2.05, 4.69) is 5.32 Å². The number of nitrogens with two attached hydrogens (primary N) is 1. The van der Waals surface area contributed by atoms with Crippen molar-refractivity contribution in [1.82, 2.24) is 0 Å². The van der Waals surface area contributed by atoms with Gasteiger partial charge in [-0.3, -0.25) is 4.79 Å². The Labute approximate surface area is 132 Å². The molecule has 0 saturated carbocycles. The molecule has 114 valence electrons. The fourth-order valence-corrected chi connectivity index (χ4v) is 4.07. The number of fused-ring (bicyclic) bond motifs is 2. The molecule has 1 aromatic carbocycles. The van der Waals surface area contributed by atoms with E-state index < -0.39 is 0 Å². The van der Waals surface area contributed by atoms with E-state index in [-0.39, 0.29) is 12.7 Å². The lowest BCUT2D eigenvalue weighted by Crippen LogP contribution is -2.15. The summed E-state index contributed by atoms with van der Waals surface area (Å²) in [6.45, 7) is 0.185. The van der Waals surface area contributed by atoms with E-state index in [4.69, 9.17) is 15.2 Å². The summed E-state index contributed by atoms with van der Waals surface area (Å²) in [7, 11) is 0. The number of rotatable bonds is 2. The van der Waals surface area contributed by atoms with Crippen LogP contribution in [-0.2, 0) is 12.8 Å². The van der Waals surface area contributed by atoms with Crippen molar-refractivity contribution < 1.29 is 14.3 Å². The predicted molar refractivity (Wildman–Crippen MR) is 85.9 cm³/mol.